The van der Waals surface area contributed by atoms with Gasteiger partial charge in [-0.2, -0.15) is 0 Å². The number of hydrogen-bond acceptors (Lipinski definition) is 1. The molecule has 4 heteroatoms. The summed E-state index contributed by atoms with van der Waals surface area (Å²) in [5, 5.41) is 2.60. The summed E-state index contributed by atoms with van der Waals surface area (Å²) >= 11 is 0. The standard InChI is InChI=1S/C15H13F2NO/c1-2-10-5-3-4-6-14(10)18-15(19)12-9-11(16)7-8-13(12)17/h3-9H,2H2,1H3,(H,18,19). The number of amides is 1. The van der Waals surface area contributed by atoms with Crippen molar-refractivity contribution in [3.05, 3.63) is 65.2 Å². The van der Waals surface area contributed by atoms with Crippen molar-refractivity contribution in [1.29, 1.82) is 0 Å². The molecule has 0 saturated heterocycles. The molecule has 2 nitrogen and oxygen atoms in total. The van der Waals surface area contributed by atoms with Gasteiger partial charge in [-0.1, -0.05) is 25.1 Å². The molecule has 0 bridgehead atoms. The van der Waals surface area contributed by atoms with E-state index in [4.69, 9.17) is 0 Å². The Morgan fingerprint density at radius 2 is 1.89 bits per heavy atom. The Morgan fingerprint density at radius 3 is 2.63 bits per heavy atom. The molecule has 0 aromatic heterocycles. The van der Waals surface area contributed by atoms with Crippen LogP contribution >= 0.6 is 0 Å². The van der Waals surface area contributed by atoms with Crippen molar-refractivity contribution in [2.75, 3.05) is 5.32 Å². The van der Waals surface area contributed by atoms with E-state index in [0.29, 0.717) is 5.69 Å². The molecule has 0 radical (unpaired) electrons. The first kappa shape index (κ1) is 13.2. The average molecular weight is 261 g/mol. The topological polar surface area (TPSA) is 29.1 Å². The molecule has 98 valence electrons. The molecule has 2 rings (SSSR count). The highest BCUT2D eigenvalue weighted by Gasteiger charge is 2.13. The Balaban J connectivity index is 2.28. The minimum Gasteiger partial charge on any atom is -0.322 e. The van der Waals surface area contributed by atoms with Crippen molar-refractivity contribution in [3.63, 3.8) is 0 Å². The molecule has 0 aliphatic rings. The van der Waals surface area contributed by atoms with Crippen molar-refractivity contribution in [2.45, 2.75) is 13.3 Å². The molecule has 19 heavy (non-hydrogen) atoms. The fourth-order valence-electron chi connectivity index (χ4n) is 1.81. The molecule has 0 saturated carbocycles. The van der Waals surface area contributed by atoms with Crippen LogP contribution in [-0.4, -0.2) is 5.91 Å². The van der Waals surface area contributed by atoms with E-state index < -0.39 is 17.5 Å². The molecule has 2 aromatic carbocycles. The zero-order valence-electron chi connectivity index (χ0n) is 10.4. The van der Waals surface area contributed by atoms with Gasteiger partial charge in [-0.25, -0.2) is 8.78 Å². The summed E-state index contributed by atoms with van der Waals surface area (Å²) in [5.74, 6) is -2.04. The highest BCUT2D eigenvalue weighted by molar-refractivity contribution is 6.04. The second kappa shape index (κ2) is 5.61. The van der Waals surface area contributed by atoms with Crippen molar-refractivity contribution in [1.82, 2.24) is 0 Å². The number of hydrogen-bond donors (Lipinski definition) is 1. The highest BCUT2D eigenvalue weighted by Crippen LogP contribution is 2.18. The summed E-state index contributed by atoms with van der Waals surface area (Å²) in [6, 6.07) is 10.0. The molecular weight excluding hydrogens is 248 g/mol. The SMILES string of the molecule is CCc1ccccc1NC(=O)c1cc(F)ccc1F. The van der Waals surface area contributed by atoms with Gasteiger partial charge in [0.1, 0.15) is 11.6 Å². The third kappa shape index (κ3) is 2.96. The lowest BCUT2D eigenvalue weighted by molar-refractivity contribution is 0.102. The smallest absolute Gasteiger partial charge is 0.258 e. The van der Waals surface area contributed by atoms with E-state index in [-0.39, 0.29) is 5.56 Å². The predicted octanol–water partition coefficient (Wildman–Crippen LogP) is 3.78. The number of anilines is 1. The van der Waals surface area contributed by atoms with E-state index in [0.717, 1.165) is 30.2 Å². The summed E-state index contributed by atoms with van der Waals surface area (Å²) in [4.78, 5) is 11.9. The molecule has 0 aliphatic heterocycles. The van der Waals surface area contributed by atoms with Gasteiger partial charge in [-0.15, -0.1) is 0 Å². The van der Waals surface area contributed by atoms with Gasteiger partial charge < -0.3 is 5.32 Å². The van der Waals surface area contributed by atoms with Gasteiger partial charge in [0.15, 0.2) is 0 Å². The fraction of sp³-hybridized carbons (Fsp3) is 0.133. The third-order valence-corrected chi connectivity index (χ3v) is 2.82. The Hall–Kier alpha value is -2.23. The van der Waals surface area contributed by atoms with Gasteiger partial charge in [0.2, 0.25) is 0 Å². The van der Waals surface area contributed by atoms with Crippen molar-refractivity contribution in [3.8, 4) is 0 Å². The Bertz CT molecular complexity index is 611. The number of benzene rings is 2. The van der Waals surface area contributed by atoms with E-state index in [1.54, 1.807) is 12.1 Å². The lowest BCUT2D eigenvalue weighted by Crippen LogP contribution is -2.15. The first-order valence-corrected chi connectivity index (χ1v) is 5.96. The van der Waals surface area contributed by atoms with Crippen LogP contribution in [0.5, 0.6) is 0 Å². The number of carbonyl (C=O) groups is 1. The third-order valence-electron chi connectivity index (χ3n) is 2.82. The molecule has 0 fully saturated rings. The normalized spacial score (nSPS) is 10.3. The second-order valence-corrected chi connectivity index (χ2v) is 4.09. The molecule has 2 aromatic rings. The van der Waals surface area contributed by atoms with Crippen LogP contribution in [0.1, 0.15) is 22.8 Å². The van der Waals surface area contributed by atoms with Crippen molar-refractivity contribution >= 4 is 11.6 Å². The van der Waals surface area contributed by atoms with Gasteiger partial charge in [0.25, 0.3) is 5.91 Å². The maximum Gasteiger partial charge on any atom is 0.258 e. The van der Waals surface area contributed by atoms with Crippen LogP contribution in [0.3, 0.4) is 0 Å². The molecule has 0 unspecified atom stereocenters. The summed E-state index contributed by atoms with van der Waals surface area (Å²) in [5.41, 5.74) is 1.25. The minimum absolute atomic E-state index is 0.300. The first-order chi connectivity index (χ1) is 9.11. The lowest BCUT2D eigenvalue weighted by atomic mass is 10.1. The van der Waals surface area contributed by atoms with Crippen LogP contribution < -0.4 is 5.32 Å². The van der Waals surface area contributed by atoms with Crippen molar-refractivity contribution in [2.24, 2.45) is 0 Å². The summed E-state index contributed by atoms with van der Waals surface area (Å²) in [6.07, 6.45) is 0.738. The first-order valence-electron chi connectivity index (χ1n) is 5.96. The Kier molecular flexibility index (Phi) is 3.90. The number of nitrogens with one attached hydrogen (secondary N) is 1. The van der Waals surface area contributed by atoms with E-state index >= 15 is 0 Å². The van der Waals surface area contributed by atoms with Crippen LogP contribution in [0, 0.1) is 11.6 Å². The summed E-state index contributed by atoms with van der Waals surface area (Å²) in [7, 11) is 0. The van der Waals surface area contributed by atoms with E-state index in [9.17, 15) is 13.6 Å². The van der Waals surface area contributed by atoms with Gasteiger partial charge in [-0.05, 0) is 36.2 Å². The predicted molar refractivity (Wildman–Crippen MR) is 70.1 cm³/mol. The zero-order valence-corrected chi connectivity index (χ0v) is 10.4. The Morgan fingerprint density at radius 1 is 1.16 bits per heavy atom. The quantitative estimate of drug-likeness (QED) is 0.895. The van der Waals surface area contributed by atoms with E-state index in [1.165, 1.54) is 0 Å². The van der Waals surface area contributed by atoms with Crippen LogP contribution in [-0.2, 0) is 6.42 Å². The lowest BCUT2D eigenvalue weighted by Gasteiger charge is -2.10. The molecule has 1 N–H and O–H groups in total. The maximum atomic E-state index is 13.5. The van der Waals surface area contributed by atoms with Crippen molar-refractivity contribution < 1.29 is 13.6 Å². The summed E-state index contributed by atoms with van der Waals surface area (Å²) in [6.45, 7) is 1.95. The Labute approximate surface area is 110 Å². The molecular formula is C15H13F2NO. The van der Waals surface area contributed by atoms with Crippen LogP contribution in [0.2, 0.25) is 0 Å². The highest BCUT2D eigenvalue weighted by atomic mass is 19.1. The largest absolute Gasteiger partial charge is 0.322 e. The monoisotopic (exact) mass is 261 g/mol. The fourth-order valence-corrected chi connectivity index (χ4v) is 1.81. The van der Waals surface area contributed by atoms with Crippen LogP contribution in [0.4, 0.5) is 14.5 Å². The average Bonchev–Trinajstić information content (AvgIpc) is 2.42. The van der Waals surface area contributed by atoms with Gasteiger partial charge in [0.05, 0.1) is 5.56 Å². The molecule has 0 atom stereocenters. The molecule has 0 aliphatic carbocycles. The maximum absolute atomic E-state index is 13.5. The van der Waals surface area contributed by atoms with Gasteiger partial charge in [0, 0.05) is 5.69 Å². The molecule has 0 heterocycles. The van der Waals surface area contributed by atoms with Gasteiger partial charge >= 0.3 is 0 Å². The van der Waals surface area contributed by atoms with E-state index in [2.05, 4.69) is 5.32 Å². The minimum atomic E-state index is -0.743. The number of halogens is 2. The molecule has 0 spiro atoms. The number of para-hydroxylation sites is 1. The second-order valence-electron chi connectivity index (χ2n) is 4.09. The number of carbonyl (C=O) groups excluding carboxylic acids is 1. The zero-order chi connectivity index (χ0) is 13.8. The summed E-state index contributed by atoms with van der Waals surface area (Å²) < 4.78 is 26.5. The number of rotatable bonds is 3. The van der Waals surface area contributed by atoms with Gasteiger partial charge in [-0.3, -0.25) is 4.79 Å². The van der Waals surface area contributed by atoms with Crippen LogP contribution in [0.25, 0.3) is 0 Å². The van der Waals surface area contributed by atoms with Crippen LogP contribution in [0.15, 0.2) is 42.5 Å². The van der Waals surface area contributed by atoms with E-state index in [1.807, 2.05) is 19.1 Å². The molecule has 1 amide bonds. The number of aryl methyl sites for hydroxylation is 1.